The highest BCUT2D eigenvalue weighted by Gasteiger charge is 2.19. The van der Waals surface area contributed by atoms with Crippen LogP contribution in [0.15, 0.2) is 145 Å². The van der Waals surface area contributed by atoms with Gasteiger partial charge in [0.15, 0.2) is 0 Å². The fourth-order valence-corrected chi connectivity index (χ4v) is 5.51. The van der Waals surface area contributed by atoms with Gasteiger partial charge in [0.25, 0.3) is 0 Å². The summed E-state index contributed by atoms with van der Waals surface area (Å²) in [5.41, 5.74) is 4.12. The van der Waals surface area contributed by atoms with Crippen LogP contribution in [-0.4, -0.2) is 9.13 Å². The average Bonchev–Trinajstić information content (AvgIpc) is 3.65. The van der Waals surface area contributed by atoms with Gasteiger partial charge in [0, 0.05) is 39.3 Å². The van der Waals surface area contributed by atoms with E-state index in [4.69, 9.17) is 11.0 Å². The van der Waals surface area contributed by atoms with Crippen LogP contribution < -0.4 is 0 Å². The number of hydrogen-bond donors (Lipinski definition) is 0. The largest absolute Gasteiger partial charge is 0.335 e. The molecule has 0 aliphatic rings. The number of fused-ring (bicyclic) bond motifs is 7. The Morgan fingerprint density at radius 1 is 0.513 bits per heavy atom. The predicted molar refractivity (Wildman–Crippen MR) is 165 cm³/mol. The molecule has 39 heavy (non-hydrogen) atoms. The molecule has 2 heterocycles. The monoisotopic (exact) mass is 508 g/mol. The minimum Gasteiger partial charge on any atom is -0.335 e. The lowest BCUT2D eigenvalue weighted by atomic mass is 10.0. The molecule has 0 saturated heterocycles. The molecule has 0 radical (unpaired) electrons. The number of aromatic nitrogens is 2. The van der Waals surface area contributed by atoms with Gasteiger partial charge in [0.1, 0.15) is 0 Å². The van der Waals surface area contributed by atoms with Gasteiger partial charge in [-0.15, -0.1) is 0 Å². The van der Waals surface area contributed by atoms with Gasteiger partial charge >= 0.3 is 0 Å². The van der Waals surface area contributed by atoms with Crippen molar-refractivity contribution in [2.24, 2.45) is 0 Å². The third-order valence-electron chi connectivity index (χ3n) is 7.25. The highest BCUT2D eigenvalue weighted by Crippen LogP contribution is 2.40. The Balaban J connectivity index is 1.60. The van der Waals surface area contributed by atoms with Crippen molar-refractivity contribution in [2.75, 3.05) is 0 Å². The van der Waals surface area contributed by atoms with Crippen LogP contribution in [0.2, 0.25) is 0 Å². The van der Waals surface area contributed by atoms with E-state index in [1.165, 1.54) is 0 Å². The molecular formula is C37H26N2. The minimum absolute atomic E-state index is 0.0868. The SMILES string of the molecule is [2H]c1c([2H])c([2H])c2c(c1[2H])c1c([2H])c([2H])c3c(c4c([2H])c([2H])c([2H])c([2H])c4n3-c3ccccc3)c1n2Cc1ccc(-c2ccccc2)cc1. The van der Waals surface area contributed by atoms with Crippen molar-refractivity contribution in [3.05, 3.63) is 151 Å². The second-order valence-corrected chi connectivity index (χ2v) is 9.46. The van der Waals surface area contributed by atoms with Gasteiger partial charge < -0.3 is 9.13 Å². The molecule has 0 saturated carbocycles. The predicted octanol–water partition coefficient (Wildman–Crippen LogP) is 9.61. The molecule has 8 rings (SSSR count). The zero-order chi connectivity index (χ0) is 34.5. The van der Waals surface area contributed by atoms with Crippen LogP contribution in [-0.2, 0) is 6.54 Å². The van der Waals surface area contributed by atoms with Crippen LogP contribution in [0, 0.1) is 0 Å². The van der Waals surface area contributed by atoms with Crippen molar-refractivity contribution in [3.8, 4) is 16.8 Å². The zero-order valence-corrected chi connectivity index (χ0v) is 20.7. The van der Waals surface area contributed by atoms with Crippen molar-refractivity contribution in [1.82, 2.24) is 9.13 Å². The Bertz CT molecular complexity index is 2660. The van der Waals surface area contributed by atoms with Crippen LogP contribution >= 0.6 is 0 Å². The van der Waals surface area contributed by atoms with Gasteiger partial charge in [-0.25, -0.2) is 0 Å². The van der Waals surface area contributed by atoms with Crippen LogP contribution in [0.5, 0.6) is 0 Å². The lowest BCUT2D eigenvalue weighted by Gasteiger charge is -2.11. The van der Waals surface area contributed by atoms with E-state index >= 15 is 0 Å². The normalized spacial score (nSPS) is 15.3. The van der Waals surface area contributed by atoms with Gasteiger partial charge in [-0.1, -0.05) is 115 Å². The molecule has 2 nitrogen and oxygen atoms in total. The maximum atomic E-state index is 9.35. The molecule has 0 aliphatic carbocycles. The quantitative estimate of drug-likeness (QED) is 0.224. The number of benzene rings is 6. The summed E-state index contributed by atoms with van der Waals surface area (Å²) in [5.74, 6) is 0. The summed E-state index contributed by atoms with van der Waals surface area (Å²) in [4.78, 5) is 0. The summed E-state index contributed by atoms with van der Waals surface area (Å²) < 4.78 is 92.3. The average molecular weight is 509 g/mol. The zero-order valence-electron chi connectivity index (χ0n) is 30.7. The van der Waals surface area contributed by atoms with E-state index in [0.29, 0.717) is 11.2 Å². The molecule has 0 amide bonds. The van der Waals surface area contributed by atoms with E-state index in [2.05, 4.69) is 0 Å². The van der Waals surface area contributed by atoms with Crippen molar-refractivity contribution in [2.45, 2.75) is 6.54 Å². The van der Waals surface area contributed by atoms with Crippen LogP contribution in [0.4, 0.5) is 0 Å². The molecule has 2 aromatic heterocycles. The lowest BCUT2D eigenvalue weighted by molar-refractivity contribution is 0.872. The van der Waals surface area contributed by atoms with Crippen LogP contribution in [0.25, 0.3) is 60.4 Å². The van der Waals surface area contributed by atoms with Gasteiger partial charge in [0.05, 0.1) is 30.3 Å². The number of nitrogens with zero attached hydrogens (tertiary/aromatic N) is 2. The van der Waals surface area contributed by atoms with Gasteiger partial charge in [-0.3, -0.25) is 0 Å². The molecule has 0 atom stereocenters. The second-order valence-electron chi connectivity index (χ2n) is 9.46. The van der Waals surface area contributed by atoms with Crippen molar-refractivity contribution in [3.63, 3.8) is 0 Å². The van der Waals surface area contributed by atoms with E-state index in [0.717, 1.165) is 16.7 Å². The summed E-state index contributed by atoms with van der Waals surface area (Å²) in [6.45, 7) is 0.117. The van der Waals surface area contributed by atoms with Gasteiger partial charge in [0.2, 0.25) is 0 Å². The highest BCUT2D eigenvalue weighted by molar-refractivity contribution is 6.25. The maximum Gasteiger partial charge on any atom is 0.0645 e. The summed E-state index contributed by atoms with van der Waals surface area (Å²) >= 11 is 0. The highest BCUT2D eigenvalue weighted by atomic mass is 15.0. The first-order chi connectivity index (χ1) is 23.5. The van der Waals surface area contributed by atoms with Crippen molar-refractivity contribution >= 4 is 43.6 Å². The molecule has 184 valence electrons. The van der Waals surface area contributed by atoms with E-state index in [9.17, 15) is 2.74 Å². The molecule has 8 aromatic rings. The van der Waals surface area contributed by atoms with Crippen molar-refractivity contribution < 1.29 is 13.7 Å². The fraction of sp³-hybridized carbons (Fsp3) is 0.0270. The molecule has 0 bridgehead atoms. The summed E-state index contributed by atoms with van der Waals surface area (Å²) in [6.07, 6.45) is 0. The van der Waals surface area contributed by atoms with E-state index < -0.39 is 24.2 Å². The van der Waals surface area contributed by atoms with E-state index in [1.54, 1.807) is 33.4 Å². The Labute approximate surface area is 241 Å². The molecule has 0 spiro atoms. The Hall–Kier alpha value is -5.08. The molecule has 0 aliphatic heterocycles. The molecule has 2 heteroatoms. The standard InChI is InChI=1S/C37H26N2/c1-3-11-27(12-4-1)28-21-19-26(20-22-28)25-38-33-17-9-7-15-30(33)31-23-24-35-36(37(31)38)32-16-8-10-18-34(32)39(35)29-13-5-2-6-14-29/h1-24H,25H2/i7D,8D,9D,10D,15D,16D,17D,18D,23D,24D. The summed E-state index contributed by atoms with van der Waals surface area (Å²) in [7, 11) is 0. The van der Waals surface area contributed by atoms with Gasteiger partial charge in [-0.05, 0) is 47.0 Å². The minimum atomic E-state index is -0.469. The van der Waals surface area contributed by atoms with E-state index in [-0.39, 0.29) is 80.9 Å². The number of hydrogen-bond acceptors (Lipinski definition) is 0. The Morgan fingerprint density at radius 3 is 1.92 bits per heavy atom. The van der Waals surface area contributed by atoms with Gasteiger partial charge in [-0.2, -0.15) is 0 Å². The van der Waals surface area contributed by atoms with E-state index in [1.807, 2.05) is 60.7 Å². The Morgan fingerprint density at radius 2 is 1.15 bits per heavy atom. The first-order valence-corrected chi connectivity index (χ1v) is 12.7. The molecular weight excluding hydrogens is 472 g/mol. The molecule has 0 N–H and O–H groups in total. The summed E-state index contributed by atoms with van der Waals surface area (Å²) in [5, 5.41) is 0.626. The molecule has 0 fully saturated rings. The summed E-state index contributed by atoms with van der Waals surface area (Å²) in [6, 6.07) is 23.0. The maximum absolute atomic E-state index is 9.35. The smallest absolute Gasteiger partial charge is 0.0645 e. The number of rotatable bonds is 4. The number of para-hydroxylation sites is 3. The third-order valence-corrected chi connectivity index (χ3v) is 7.25. The van der Waals surface area contributed by atoms with Crippen molar-refractivity contribution in [1.29, 1.82) is 0 Å². The third kappa shape index (κ3) is 3.42. The Kier molecular flexibility index (Phi) is 3.18. The molecule has 6 aromatic carbocycles. The topological polar surface area (TPSA) is 9.86 Å². The lowest BCUT2D eigenvalue weighted by Crippen LogP contribution is -2.00. The first kappa shape index (κ1) is 14.2. The first-order valence-electron chi connectivity index (χ1n) is 17.7. The second kappa shape index (κ2) is 8.75. The van der Waals surface area contributed by atoms with Crippen LogP contribution in [0.3, 0.4) is 0 Å². The van der Waals surface area contributed by atoms with Crippen LogP contribution in [0.1, 0.15) is 19.3 Å². The molecule has 0 unspecified atom stereocenters. The fourth-order valence-electron chi connectivity index (χ4n) is 5.51.